The minimum atomic E-state index is -0.285. The van der Waals surface area contributed by atoms with E-state index in [-0.39, 0.29) is 29.7 Å². The van der Waals surface area contributed by atoms with Gasteiger partial charge in [0.25, 0.3) is 0 Å². The maximum atomic E-state index is 13.1. The molecule has 0 radical (unpaired) electrons. The minimum absolute atomic E-state index is 0.0836. The molecular weight excluding hydrogens is 335 g/mol. The quantitative estimate of drug-likeness (QED) is 0.874. The average molecular weight is 358 g/mol. The highest BCUT2D eigenvalue weighted by Crippen LogP contribution is 2.32. The summed E-state index contributed by atoms with van der Waals surface area (Å²) in [4.78, 5) is 14.8. The molecule has 2 aliphatic heterocycles. The molecule has 3 heterocycles. The van der Waals surface area contributed by atoms with Gasteiger partial charge in [-0.05, 0) is 37.5 Å². The Labute approximate surface area is 151 Å². The van der Waals surface area contributed by atoms with Crippen molar-refractivity contribution in [3.8, 4) is 0 Å². The normalized spacial score (nSPS) is 25.8. The van der Waals surface area contributed by atoms with Crippen molar-refractivity contribution in [2.24, 2.45) is 0 Å². The molecule has 2 N–H and O–H groups in total. The molecule has 1 aromatic heterocycles. The largest absolute Gasteiger partial charge is 0.361 e. The van der Waals surface area contributed by atoms with Gasteiger partial charge >= 0.3 is 0 Å². The number of aromatic nitrogens is 1. The first-order valence-corrected chi connectivity index (χ1v) is 9.07. The fourth-order valence-electron chi connectivity index (χ4n) is 4.07. The van der Waals surface area contributed by atoms with Crippen molar-refractivity contribution in [3.63, 3.8) is 0 Å². The van der Waals surface area contributed by atoms with Crippen molar-refractivity contribution in [2.75, 3.05) is 13.1 Å². The molecule has 0 saturated carbocycles. The molecule has 3 unspecified atom stereocenters. The lowest BCUT2D eigenvalue weighted by molar-refractivity contribution is -0.131. The first kappa shape index (κ1) is 17.2. The van der Waals surface area contributed by atoms with Crippen molar-refractivity contribution < 1.29 is 13.7 Å². The summed E-state index contributed by atoms with van der Waals surface area (Å²) >= 11 is 0. The zero-order valence-corrected chi connectivity index (χ0v) is 14.7. The standard InChI is InChI=1S/C19H23FN4O2/c1-12-9-17(26-23-12)15-11-21-22-19(15)16-3-2-8-24(16)18(25)10-13-4-6-14(20)7-5-13/h4-7,9,15-16,19,21-22H,2-3,8,10-11H2,1H3. The summed E-state index contributed by atoms with van der Waals surface area (Å²) in [5.41, 5.74) is 8.23. The molecule has 0 bridgehead atoms. The van der Waals surface area contributed by atoms with Crippen LogP contribution in [0.3, 0.4) is 0 Å². The molecule has 26 heavy (non-hydrogen) atoms. The summed E-state index contributed by atoms with van der Waals surface area (Å²) in [6.45, 7) is 3.41. The van der Waals surface area contributed by atoms with E-state index >= 15 is 0 Å². The van der Waals surface area contributed by atoms with Gasteiger partial charge in [0.05, 0.1) is 24.1 Å². The fraction of sp³-hybridized carbons (Fsp3) is 0.474. The third kappa shape index (κ3) is 3.37. The van der Waals surface area contributed by atoms with Crippen LogP contribution in [0.4, 0.5) is 4.39 Å². The van der Waals surface area contributed by atoms with Crippen molar-refractivity contribution in [1.29, 1.82) is 0 Å². The molecule has 4 rings (SSSR count). The molecule has 138 valence electrons. The van der Waals surface area contributed by atoms with Gasteiger partial charge in [-0.1, -0.05) is 17.3 Å². The number of hydrogen-bond donors (Lipinski definition) is 2. The van der Waals surface area contributed by atoms with E-state index in [4.69, 9.17) is 4.52 Å². The maximum Gasteiger partial charge on any atom is 0.227 e. The van der Waals surface area contributed by atoms with Crippen molar-refractivity contribution in [3.05, 3.63) is 53.2 Å². The van der Waals surface area contributed by atoms with Crippen molar-refractivity contribution in [2.45, 2.75) is 44.2 Å². The Morgan fingerprint density at radius 1 is 1.38 bits per heavy atom. The second kappa shape index (κ2) is 7.17. The molecule has 0 aliphatic carbocycles. The maximum absolute atomic E-state index is 13.1. The SMILES string of the molecule is Cc1cc(C2CNNC2C2CCCN2C(=O)Cc2ccc(F)cc2)on1. The third-order valence-electron chi connectivity index (χ3n) is 5.34. The summed E-state index contributed by atoms with van der Waals surface area (Å²) in [7, 11) is 0. The van der Waals surface area contributed by atoms with Crippen molar-refractivity contribution >= 4 is 5.91 Å². The molecular formula is C19H23FN4O2. The molecule has 2 fully saturated rings. The fourth-order valence-corrected chi connectivity index (χ4v) is 4.07. The van der Waals surface area contributed by atoms with E-state index in [1.54, 1.807) is 12.1 Å². The topological polar surface area (TPSA) is 70.4 Å². The number of nitrogens with zero attached hydrogens (tertiary/aromatic N) is 2. The Hall–Kier alpha value is -2.25. The number of rotatable bonds is 4. The van der Waals surface area contributed by atoms with Crippen LogP contribution in [0.5, 0.6) is 0 Å². The summed E-state index contributed by atoms with van der Waals surface area (Å²) in [5.74, 6) is 0.787. The van der Waals surface area contributed by atoms with Gasteiger partial charge < -0.3 is 9.42 Å². The van der Waals surface area contributed by atoms with Crippen LogP contribution in [0.25, 0.3) is 0 Å². The number of aryl methyl sites for hydroxylation is 1. The molecule has 2 saturated heterocycles. The Morgan fingerprint density at radius 3 is 2.92 bits per heavy atom. The Bertz CT molecular complexity index is 776. The van der Waals surface area contributed by atoms with Gasteiger partial charge in [0, 0.05) is 25.2 Å². The summed E-state index contributed by atoms with van der Waals surface area (Å²) in [5, 5.41) is 4.00. The number of carbonyl (C=O) groups is 1. The van der Waals surface area contributed by atoms with Gasteiger partial charge in [0.1, 0.15) is 11.6 Å². The highest BCUT2D eigenvalue weighted by Gasteiger charge is 2.42. The number of carbonyl (C=O) groups excluding carboxylic acids is 1. The van der Waals surface area contributed by atoms with Crippen molar-refractivity contribution in [1.82, 2.24) is 20.9 Å². The van der Waals surface area contributed by atoms with Crippen LogP contribution in [0.1, 0.15) is 35.8 Å². The first-order valence-electron chi connectivity index (χ1n) is 9.07. The predicted octanol–water partition coefficient (Wildman–Crippen LogP) is 1.92. The molecule has 7 heteroatoms. The minimum Gasteiger partial charge on any atom is -0.361 e. The van der Waals surface area contributed by atoms with Crippen LogP contribution in [0.2, 0.25) is 0 Å². The average Bonchev–Trinajstić information content (AvgIpc) is 3.35. The Morgan fingerprint density at radius 2 is 2.19 bits per heavy atom. The number of halogens is 1. The van der Waals surface area contributed by atoms with Gasteiger partial charge in [0.2, 0.25) is 5.91 Å². The first-order chi connectivity index (χ1) is 12.6. The summed E-state index contributed by atoms with van der Waals surface area (Å²) < 4.78 is 18.5. The molecule has 1 amide bonds. The van der Waals surface area contributed by atoms with Crippen LogP contribution in [0.15, 0.2) is 34.9 Å². The summed E-state index contributed by atoms with van der Waals surface area (Å²) in [6.07, 6.45) is 2.24. The van der Waals surface area contributed by atoms with E-state index in [1.165, 1.54) is 12.1 Å². The molecule has 2 aliphatic rings. The molecule has 6 nitrogen and oxygen atoms in total. The highest BCUT2D eigenvalue weighted by molar-refractivity contribution is 5.79. The van der Waals surface area contributed by atoms with E-state index in [2.05, 4.69) is 16.0 Å². The molecule has 2 aromatic rings. The number of likely N-dealkylation sites (tertiary alicyclic amines) is 1. The number of benzene rings is 1. The Kier molecular flexibility index (Phi) is 4.74. The lowest BCUT2D eigenvalue weighted by Gasteiger charge is -2.31. The van der Waals surface area contributed by atoms with Gasteiger partial charge in [0.15, 0.2) is 0 Å². The lowest BCUT2D eigenvalue weighted by Crippen LogP contribution is -2.50. The van der Waals surface area contributed by atoms with E-state index < -0.39 is 0 Å². The number of amides is 1. The highest BCUT2D eigenvalue weighted by atomic mass is 19.1. The van der Waals surface area contributed by atoms with E-state index in [1.807, 2.05) is 17.9 Å². The van der Waals surface area contributed by atoms with Gasteiger partial charge in [-0.3, -0.25) is 15.6 Å². The van der Waals surface area contributed by atoms with Crippen LogP contribution in [0, 0.1) is 12.7 Å². The molecule has 0 spiro atoms. The zero-order valence-electron chi connectivity index (χ0n) is 14.7. The van der Waals surface area contributed by atoms with Crippen LogP contribution in [-0.4, -0.2) is 41.1 Å². The molecule has 3 atom stereocenters. The van der Waals surface area contributed by atoms with E-state index in [0.717, 1.165) is 42.9 Å². The van der Waals surface area contributed by atoms with E-state index in [0.29, 0.717) is 6.42 Å². The van der Waals surface area contributed by atoms with Gasteiger partial charge in [-0.15, -0.1) is 0 Å². The van der Waals surface area contributed by atoms with Crippen LogP contribution >= 0.6 is 0 Å². The summed E-state index contributed by atoms with van der Waals surface area (Å²) in [6, 6.07) is 8.30. The van der Waals surface area contributed by atoms with Crippen LogP contribution < -0.4 is 10.9 Å². The second-order valence-corrected chi connectivity index (χ2v) is 7.13. The Balaban J connectivity index is 1.48. The predicted molar refractivity (Wildman–Crippen MR) is 93.7 cm³/mol. The molecule has 1 aromatic carbocycles. The second-order valence-electron chi connectivity index (χ2n) is 7.13. The van der Waals surface area contributed by atoms with Gasteiger partial charge in [-0.25, -0.2) is 4.39 Å². The number of hydrazine groups is 1. The van der Waals surface area contributed by atoms with E-state index in [9.17, 15) is 9.18 Å². The van der Waals surface area contributed by atoms with Crippen LogP contribution in [-0.2, 0) is 11.2 Å². The third-order valence-corrected chi connectivity index (χ3v) is 5.34. The number of hydrogen-bond acceptors (Lipinski definition) is 5. The van der Waals surface area contributed by atoms with Gasteiger partial charge in [-0.2, -0.15) is 0 Å². The smallest absolute Gasteiger partial charge is 0.227 e. The monoisotopic (exact) mass is 358 g/mol. The lowest BCUT2D eigenvalue weighted by atomic mass is 9.91. The number of nitrogens with one attached hydrogen (secondary N) is 2. The zero-order chi connectivity index (χ0) is 18.1.